The van der Waals surface area contributed by atoms with Crippen LogP contribution in [0.4, 0.5) is 0 Å². The van der Waals surface area contributed by atoms with Crippen LogP contribution in [-0.2, 0) is 13.9 Å². The van der Waals surface area contributed by atoms with E-state index in [9.17, 15) is 4.57 Å². The molecule has 6 nitrogen and oxygen atoms in total. The number of nitrogens with two attached hydrogens (primary N) is 1. The topological polar surface area (TPSA) is 109 Å². The van der Waals surface area contributed by atoms with E-state index >= 15 is 0 Å². The summed E-state index contributed by atoms with van der Waals surface area (Å²) < 4.78 is 19.3. The Hall–Kier alpha value is -2.84. The second-order valence-electron chi connectivity index (χ2n) is 5.80. The van der Waals surface area contributed by atoms with Gasteiger partial charge in [-0.05, 0) is 54.5 Å². The number of nitrogens with zero attached hydrogens (tertiary/aromatic N) is 1. The number of nitrogens with one attached hydrogen (secondary N) is 1. The molecule has 0 fully saturated rings. The van der Waals surface area contributed by atoms with E-state index in [1.807, 2.05) is 31.2 Å². The summed E-state index contributed by atoms with van der Waals surface area (Å²) in [7, 11) is -1.87. The summed E-state index contributed by atoms with van der Waals surface area (Å²) in [6.45, 7) is 1.92. The molecule has 144 valence electrons. The summed E-state index contributed by atoms with van der Waals surface area (Å²) in [6.07, 6.45) is 5.03. The quantitative estimate of drug-likeness (QED) is 0.385. The first-order chi connectivity index (χ1) is 13.4. The number of carbonyl (C=O) groups excluding carboxylic acids is 1. The van der Waals surface area contributed by atoms with Crippen LogP contribution in [0.5, 0.6) is 0 Å². The molecule has 3 N–H and O–H groups in total. The lowest BCUT2D eigenvalue weighted by Gasteiger charge is -2.17. The van der Waals surface area contributed by atoms with Crippen molar-refractivity contribution in [1.29, 1.82) is 5.26 Å². The molecule has 1 unspecified atom stereocenters. The van der Waals surface area contributed by atoms with Crippen LogP contribution in [0.25, 0.3) is 17.0 Å². The Kier molecular flexibility index (Phi) is 7.19. The number of carbonyl (C=O) groups is 1. The Morgan fingerprint density at radius 2 is 2.00 bits per heavy atom. The Bertz CT molecular complexity index is 1120. The average Bonchev–Trinajstić information content (AvgIpc) is 3.09. The van der Waals surface area contributed by atoms with Gasteiger partial charge in [0.05, 0.1) is 11.4 Å². The molecule has 0 radical (unpaired) electrons. The van der Waals surface area contributed by atoms with E-state index in [2.05, 4.69) is 10.7 Å². The van der Waals surface area contributed by atoms with Crippen LogP contribution in [0, 0.1) is 18.3 Å². The predicted molar refractivity (Wildman–Crippen MR) is 113 cm³/mol. The summed E-state index contributed by atoms with van der Waals surface area (Å²) in [5.74, 6) is 0. The van der Waals surface area contributed by atoms with Crippen LogP contribution in [-0.4, -0.2) is 18.5 Å². The summed E-state index contributed by atoms with van der Waals surface area (Å²) in [6, 6.07) is 12.9. The molecule has 0 aliphatic carbocycles. The van der Waals surface area contributed by atoms with Gasteiger partial charge in [-0.25, -0.2) is 0 Å². The number of nitriles is 1. The van der Waals surface area contributed by atoms with Crippen molar-refractivity contribution in [3.63, 3.8) is 0 Å². The first kappa shape index (κ1) is 21.5. The van der Waals surface area contributed by atoms with Crippen molar-refractivity contribution in [3.05, 3.63) is 64.8 Å². The van der Waals surface area contributed by atoms with Crippen LogP contribution < -0.4 is 16.3 Å². The Labute approximate surface area is 168 Å². The maximum atomic E-state index is 13.8. The maximum Gasteiger partial charge on any atom is 0.263 e. The van der Waals surface area contributed by atoms with E-state index in [4.69, 9.17) is 26.2 Å². The van der Waals surface area contributed by atoms with Crippen molar-refractivity contribution in [2.24, 2.45) is 5.73 Å². The third-order valence-electron chi connectivity index (χ3n) is 3.97. The van der Waals surface area contributed by atoms with Crippen molar-refractivity contribution >= 4 is 53.0 Å². The first-order valence-corrected chi connectivity index (χ1v) is 10.2. The van der Waals surface area contributed by atoms with Crippen LogP contribution in [0.3, 0.4) is 0 Å². The third-order valence-corrected chi connectivity index (χ3v) is 6.66. The highest BCUT2D eigenvalue weighted by Crippen LogP contribution is 2.46. The molecule has 3 aromatic rings. The predicted octanol–water partition coefficient (Wildman–Crippen LogP) is 3.64. The van der Waals surface area contributed by atoms with Gasteiger partial charge in [-0.3, -0.25) is 9.36 Å². The number of hydrogen-bond donors (Lipinski definition) is 2. The van der Waals surface area contributed by atoms with Gasteiger partial charge < -0.3 is 15.2 Å². The lowest BCUT2D eigenvalue weighted by molar-refractivity contribution is -0.106. The molecule has 0 saturated carbocycles. The zero-order valence-electron chi connectivity index (χ0n) is 15.3. The smallest absolute Gasteiger partial charge is 0.263 e. The number of aryl methyl sites for hydroxylation is 1. The van der Waals surface area contributed by atoms with Gasteiger partial charge in [0, 0.05) is 40.6 Å². The van der Waals surface area contributed by atoms with Crippen LogP contribution in [0.15, 0.2) is 48.7 Å². The highest BCUT2D eigenvalue weighted by Gasteiger charge is 2.30. The average molecular weight is 416 g/mol. The van der Waals surface area contributed by atoms with Gasteiger partial charge in [0.15, 0.2) is 0 Å². The van der Waals surface area contributed by atoms with Gasteiger partial charge in [0.1, 0.15) is 0 Å². The minimum absolute atomic E-state index is 0.250. The first-order valence-electron chi connectivity index (χ1n) is 8.16. The zero-order valence-corrected chi connectivity index (χ0v) is 17.0. The second-order valence-corrected chi connectivity index (χ2v) is 8.70. The van der Waals surface area contributed by atoms with Gasteiger partial charge in [-0.15, -0.1) is 0 Å². The normalized spacial score (nSPS) is 12.8. The summed E-state index contributed by atoms with van der Waals surface area (Å²) in [5, 5.41) is 11.2. The fourth-order valence-corrected chi connectivity index (χ4v) is 5.14. The largest absolute Gasteiger partial charge is 0.372 e. The van der Waals surface area contributed by atoms with Gasteiger partial charge in [0.2, 0.25) is 6.41 Å². The lowest BCUT2D eigenvalue weighted by atomic mass is 10.1. The monoisotopic (exact) mass is 415 g/mol. The molecule has 1 aromatic heterocycles. The van der Waals surface area contributed by atoms with Crippen LogP contribution in [0.1, 0.15) is 11.1 Å². The molecule has 0 spiro atoms. The van der Waals surface area contributed by atoms with E-state index in [1.54, 1.807) is 30.5 Å². The number of amides is 1. The van der Waals surface area contributed by atoms with E-state index in [1.165, 1.54) is 13.2 Å². The molecule has 8 heteroatoms. The fraction of sp³-hybridized carbons (Fsp3) is 0.100. The lowest BCUT2D eigenvalue weighted by Crippen LogP contribution is -2.17. The number of aromatic nitrogens is 1. The Balaban J connectivity index is 0.000000878. The molecule has 0 saturated heterocycles. The molecule has 28 heavy (non-hydrogen) atoms. The van der Waals surface area contributed by atoms with Crippen LogP contribution >= 0.6 is 19.0 Å². The molecule has 0 bridgehead atoms. The van der Waals surface area contributed by atoms with E-state index in [0.29, 0.717) is 15.6 Å². The summed E-state index contributed by atoms with van der Waals surface area (Å²) >= 11 is 6.11. The molecule has 2 aromatic carbocycles. The van der Waals surface area contributed by atoms with Crippen molar-refractivity contribution < 1.29 is 13.9 Å². The van der Waals surface area contributed by atoms with Gasteiger partial charge in [-0.1, -0.05) is 17.7 Å². The maximum absolute atomic E-state index is 13.8. The number of fused-ring (bicyclic) bond motifs is 1. The van der Waals surface area contributed by atoms with Crippen molar-refractivity contribution in [2.45, 2.75) is 6.92 Å². The molecule has 0 aliphatic rings. The Morgan fingerprint density at radius 3 is 2.64 bits per heavy atom. The number of primary amides is 1. The third kappa shape index (κ3) is 4.52. The van der Waals surface area contributed by atoms with Gasteiger partial charge >= 0.3 is 0 Å². The number of H-pyrrole nitrogens is 1. The number of allylic oxidation sites excluding steroid dienone is 1. The fourth-order valence-electron chi connectivity index (χ4n) is 2.86. The standard InChI is InChI=1S/C19H16ClN2O2P.CH3NO/c1-13-8-14(4-3-7-21)10-16(9-13)25(23,24-2)19-12-22-18-6-5-15(20)11-17(18)19;2-1-3/h3-6,8-12,22H,1-2H3;1H,(H2,2,3). The minimum Gasteiger partial charge on any atom is -0.372 e. The zero-order chi connectivity index (χ0) is 20.7. The van der Waals surface area contributed by atoms with Crippen molar-refractivity contribution in [1.82, 2.24) is 4.98 Å². The number of halogens is 1. The highest BCUT2D eigenvalue weighted by atomic mass is 35.5. The summed E-state index contributed by atoms with van der Waals surface area (Å²) in [4.78, 5) is 11.7. The van der Waals surface area contributed by atoms with Crippen molar-refractivity contribution in [2.75, 3.05) is 7.11 Å². The molecule has 0 aliphatic heterocycles. The molecular formula is C20H19ClN3O3P. The van der Waals surface area contributed by atoms with Gasteiger partial charge in [0.25, 0.3) is 7.37 Å². The second kappa shape index (κ2) is 9.38. The van der Waals surface area contributed by atoms with E-state index in [-0.39, 0.29) is 6.41 Å². The van der Waals surface area contributed by atoms with Gasteiger partial charge in [-0.2, -0.15) is 5.26 Å². The molecule has 1 heterocycles. The van der Waals surface area contributed by atoms with Crippen molar-refractivity contribution in [3.8, 4) is 6.07 Å². The molecule has 1 amide bonds. The SMILES string of the molecule is COP(=O)(c1cc(C)cc(C=CC#N)c1)c1c[nH]c2ccc(Cl)cc12.NC=O. The van der Waals surface area contributed by atoms with E-state index < -0.39 is 7.37 Å². The number of rotatable bonds is 4. The molecular weight excluding hydrogens is 397 g/mol. The number of hydrogen-bond acceptors (Lipinski definition) is 4. The van der Waals surface area contributed by atoms with Crippen LogP contribution in [0.2, 0.25) is 5.02 Å². The highest BCUT2D eigenvalue weighted by molar-refractivity contribution is 7.74. The molecule has 3 rings (SSSR count). The van der Waals surface area contributed by atoms with E-state index in [0.717, 1.165) is 22.0 Å². The molecule has 1 atom stereocenters. The number of aromatic amines is 1. The number of benzene rings is 2. The minimum atomic E-state index is -3.32. The summed E-state index contributed by atoms with van der Waals surface area (Å²) in [5.41, 5.74) is 6.74. The Morgan fingerprint density at radius 1 is 1.29 bits per heavy atom.